The van der Waals surface area contributed by atoms with E-state index in [1.807, 2.05) is 0 Å². The summed E-state index contributed by atoms with van der Waals surface area (Å²) >= 11 is 0. The van der Waals surface area contributed by atoms with Gasteiger partial charge in [0.05, 0.1) is 15.7 Å². The van der Waals surface area contributed by atoms with E-state index in [0.29, 0.717) is 5.75 Å². The van der Waals surface area contributed by atoms with Crippen LogP contribution in [0.3, 0.4) is 0 Å². The Hall–Kier alpha value is -1.23. The van der Waals surface area contributed by atoms with Crippen molar-refractivity contribution >= 4 is 45.0 Å². The molecule has 1 aromatic rings. The van der Waals surface area contributed by atoms with Crippen molar-refractivity contribution in [2.75, 3.05) is 0 Å². The van der Waals surface area contributed by atoms with Crippen molar-refractivity contribution in [3.63, 3.8) is 0 Å². The number of Topliss-reactive ketones (excluding diaryl/α,β-unsaturated/α-hetero) is 1. The van der Waals surface area contributed by atoms with E-state index in [9.17, 15) is 4.79 Å². The first-order valence-corrected chi connectivity index (χ1v) is 5.83. The molecule has 90 valence electrons. The van der Waals surface area contributed by atoms with Crippen molar-refractivity contribution in [2.24, 2.45) is 0 Å². The normalized spacial score (nSPS) is 18.7. The highest BCUT2D eigenvalue weighted by Crippen LogP contribution is 2.38. The highest BCUT2D eigenvalue weighted by molar-refractivity contribution is 6.39. The monoisotopic (exact) mass is 257 g/mol. The summed E-state index contributed by atoms with van der Waals surface area (Å²) in [6.45, 7) is 1.46. The average Bonchev–Trinajstić information content (AvgIpc) is 2.58. The summed E-state index contributed by atoms with van der Waals surface area (Å²) in [5.74, 6) is -0.748. The van der Waals surface area contributed by atoms with E-state index in [0.717, 1.165) is 0 Å². The Kier molecular flexibility index (Phi) is 3.76. The number of ether oxygens (including phenoxy) is 2. The largest absolute Gasteiger partial charge is 0.468 e. The second-order valence-corrected chi connectivity index (χ2v) is 4.79. The molecule has 2 rings (SSSR count). The molecule has 0 fully saturated rings. The topological polar surface area (TPSA) is 47.6 Å². The quantitative estimate of drug-likeness (QED) is 0.536. The standard InChI is InChI=1S/C11H8B5NO3/c1-10(14,17-9(12)13)8(18)5-2-3-6-7(4-5)20-11(15,16)19-6/h2-4,9,17H,1H3. The van der Waals surface area contributed by atoms with E-state index in [1.165, 1.54) is 25.1 Å². The summed E-state index contributed by atoms with van der Waals surface area (Å²) in [6.07, 6.45) is 0. The van der Waals surface area contributed by atoms with Crippen LogP contribution in [0.4, 0.5) is 0 Å². The molecule has 1 unspecified atom stereocenters. The Morgan fingerprint density at radius 1 is 1.30 bits per heavy atom. The number of ketones is 1. The number of carbonyl (C=O) groups excluding carboxylic acids is 1. The first-order chi connectivity index (χ1) is 9.11. The second kappa shape index (κ2) is 4.95. The zero-order valence-electron chi connectivity index (χ0n) is 10.9. The van der Waals surface area contributed by atoms with Gasteiger partial charge in [-0.2, -0.15) is 0 Å². The zero-order valence-corrected chi connectivity index (χ0v) is 10.9. The van der Waals surface area contributed by atoms with Crippen LogP contribution in [0.5, 0.6) is 11.5 Å². The van der Waals surface area contributed by atoms with Gasteiger partial charge in [-0.1, -0.05) is 5.84 Å². The van der Waals surface area contributed by atoms with Crippen molar-refractivity contribution in [3.8, 4) is 11.5 Å². The number of nitrogens with one attached hydrogen (secondary N) is 1. The minimum atomic E-state index is -1.74. The maximum atomic E-state index is 12.3. The van der Waals surface area contributed by atoms with Gasteiger partial charge in [0.25, 0.3) is 0 Å². The molecule has 0 aliphatic carbocycles. The van der Waals surface area contributed by atoms with Gasteiger partial charge in [-0.05, 0) is 25.1 Å². The Bertz CT molecular complexity index is 547. The van der Waals surface area contributed by atoms with E-state index >= 15 is 0 Å². The van der Waals surface area contributed by atoms with Gasteiger partial charge in [-0.25, -0.2) is 0 Å². The van der Waals surface area contributed by atoms with Gasteiger partial charge in [0.2, 0.25) is 0 Å². The molecule has 1 aliphatic heterocycles. The van der Waals surface area contributed by atoms with Gasteiger partial charge in [0, 0.05) is 11.0 Å². The molecule has 1 atom stereocenters. The summed E-state index contributed by atoms with van der Waals surface area (Å²) < 4.78 is 10.3. The summed E-state index contributed by atoms with van der Waals surface area (Å²) in [4.78, 5) is 12.3. The lowest BCUT2D eigenvalue weighted by Crippen LogP contribution is -2.54. The molecule has 10 radical (unpaired) electrons. The molecular formula is C11H8B5NO3. The van der Waals surface area contributed by atoms with Gasteiger partial charge in [0.1, 0.15) is 7.85 Å². The molecule has 0 amide bonds. The highest BCUT2D eigenvalue weighted by Gasteiger charge is 2.33. The van der Waals surface area contributed by atoms with Crippen molar-refractivity contribution in [3.05, 3.63) is 23.8 Å². The van der Waals surface area contributed by atoms with Crippen LogP contribution in [0.25, 0.3) is 0 Å². The molecule has 0 saturated heterocycles. The minimum Gasteiger partial charge on any atom is -0.468 e. The third-order valence-corrected chi connectivity index (χ3v) is 2.68. The molecular weight excluding hydrogens is 248 g/mol. The first-order valence-electron chi connectivity index (χ1n) is 5.83. The fourth-order valence-electron chi connectivity index (χ4n) is 1.89. The summed E-state index contributed by atoms with van der Waals surface area (Å²) in [6, 6.07) is 4.47. The summed E-state index contributed by atoms with van der Waals surface area (Å²) in [5, 5.41) is 2.56. The van der Waals surface area contributed by atoms with Crippen LogP contribution in [0, 0.1) is 0 Å². The maximum absolute atomic E-state index is 12.3. The smallest absolute Gasteiger partial charge is 0.175 e. The lowest BCUT2D eigenvalue weighted by atomic mass is 9.69. The number of carbonyl (C=O) groups is 1. The summed E-state index contributed by atoms with van der Waals surface area (Å²) in [5.41, 5.74) is -2.89. The molecule has 0 bridgehead atoms. The fraction of sp³-hybridized carbons (Fsp3) is 0.364. The molecule has 1 heterocycles. The highest BCUT2D eigenvalue weighted by atomic mass is 16.7. The van der Waals surface area contributed by atoms with Gasteiger partial charge in [0.15, 0.2) is 38.6 Å². The molecule has 4 nitrogen and oxygen atoms in total. The van der Waals surface area contributed by atoms with Crippen LogP contribution in [0.1, 0.15) is 17.3 Å². The van der Waals surface area contributed by atoms with Crippen LogP contribution < -0.4 is 14.8 Å². The molecule has 1 N–H and O–H groups in total. The van der Waals surface area contributed by atoms with Crippen LogP contribution >= 0.6 is 0 Å². The number of hydrogen-bond donors (Lipinski definition) is 1. The Morgan fingerprint density at radius 3 is 2.50 bits per heavy atom. The van der Waals surface area contributed by atoms with Gasteiger partial charge >= 0.3 is 0 Å². The molecule has 20 heavy (non-hydrogen) atoms. The van der Waals surface area contributed by atoms with Crippen molar-refractivity contribution in [1.82, 2.24) is 5.32 Å². The van der Waals surface area contributed by atoms with Gasteiger partial charge in [-0.3, -0.25) is 4.79 Å². The van der Waals surface area contributed by atoms with Crippen LogP contribution in [-0.4, -0.2) is 61.9 Å². The predicted octanol–water partition coefficient (Wildman–Crippen LogP) is -1.32. The zero-order chi connectivity index (χ0) is 15.1. The maximum Gasteiger partial charge on any atom is 0.175 e. The molecule has 1 aliphatic rings. The van der Waals surface area contributed by atoms with Gasteiger partial charge < -0.3 is 14.8 Å². The van der Waals surface area contributed by atoms with E-state index in [-0.39, 0.29) is 11.3 Å². The molecule has 1 aromatic carbocycles. The average molecular weight is 256 g/mol. The Balaban J connectivity index is 2.26. The van der Waals surface area contributed by atoms with E-state index in [2.05, 4.69) is 5.32 Å². The Morgan fingerprint density at radius 2 is 1.90 bits per heavy atom. The predicted molar refractivity (Wildman–Crippen MR) is 78.9 cm³/mol. The van der Waals surface area contributed by atoms with E-state index in [4.69, 9.17) is 48.7 Å². The lowest BCUT2D eigenvalue weighted by Gasteiger charge is -2.28. The molecule has 0 spiro atoms. The molecule has 0 saturated carbocycles. The lowest BCUT2D eigenvalue weighted by molar-refractivity contribution is 0.0830. The number of benzene rings is 1. The van der Waals surface area contributed by atoms with E-state index < -0.39 is 22.6 Å². The van der Waals surface area contributed by atoms with E-state index in [1.54, 1.807) is 0 Å². The Labute approximate surface area is 124 Å². The van der Waals surface area contributed by atoms with Crippen LogP contribution in [-0.2, 0) is 0 Å². The summed E-state index contributed by atoms with van der Waals surface area (Å²) in [7, 11) is 27.6. The molecule has 9 heteroatoms. The fourth-order valence-corrected chi connectivity index (χ4v) is 1.89. The van der Waals surface area contributed by atoms with Crippen LogP contribution in [0.2, 0.25) is 0 Å². The van der Waals surface area contributed by atoms with Crippen molar-refractivity contribution in [1.29, 1.82) is 0 Å². The minimum absolute atomic E-state index is 0.258. The first kappa shape index (κ1) is 15.2. The van der Waals surface area contributed by atoms with Crippen molar-refractivity contribution < 1.29 is 14.3 Å². The van der Waals surface area contributed by atoms with Gasteiger partial charge in [-0.15, -0.1) is 0 Å². The third-order valence-electron chi connectivity index (χ3n) is 2.68. The third kappa shape index (κ3) is 3.09. The SMILES string of the molecule is [B]C([B])NC([B])(C)C(=O)c1ccc2c(c1)OC([B])([B])O2. The van der Waals surface area contributed by atoms with Crippen LogP contribution in [0.15, 0.2) is 18.2 Å². The number of hydrogen-bond acceptors (Lipinski definition) is 4. The number of fused-ring (bicyclic) bond motifs is 1. The van der Waals surface area contributed by atoms with Crippen molar-refractivity contribution in [2.45, 2.75) is 23.8 Å². The number of rotatable bonds is 4. The molecule has 0 aromatic heterocycles. The second-order valence-electron chi connectivity index (χ2n) is 4.79.